The molecule has 2 rings (SSSR count). The number of nitrogens with two attached hydrogens (primary N) is 1. The molecule has 0 aromatic heterocycles. The largest absolute Gasteiger partial charge is 0.330 e. The highest BCUT2D eigenvalue weighted by atomic mass is 35.5. The lowest BCUT2D eigenvalue weighted by Crippen LogP contribution is -2.40. The van der Waals surface area contributed by atoms with Crippen molar-refractivity contribution in [3.8, 4) is 0 Å². The summed E-state index contributed by atoms with van der Waals surface area (Å²) in [5.74, 6) is 0.720. The molecule has 0 spiro atoms. The molecule has 3 N–H and O–H groups in total. The molecule has 1 amide bonds. The lowest BCUT2D eigenvalue weighted by atomic mass is 9.97. The number of anilines is 1. The average Bonchev–Trinajstić information content (AvgIpc) is 2.50. The first kappa shape index (κ1) is 18.9. The van der Waals surface area contributed by atoms with Gasteiger partial charge in [0.15, 0.2) is 0 Å². The highest BCUT2D eigenvalue weighted by molar-refractivity contribution is 5.93. The second kappa shape index (κ2) is 9.13. The Bertz CT molecular complexity index is 485. The van der Waals surface area contributed by atoms with Crippen molar-refractivity contribution >= 4 is 24.0 Å². The number of benzene rings is 1. The predicted octanol–water partition coefficient (Wildman–Crippen LogP) is 2.59. The maximum atomic E-state index is 12.3. The first-order chi connectivity index (χ1) is 10.1. The van der Waals surface area contributed by atoms with Gasteiger partial charge in [-0.1, -0.05) is 25.1 Å². The molecular formula is C17H28ClN3O. The summed E-state index contributed by atoms with van der Waals surface area (Å²) in [4.78, 5) is 14.5. The zero-order valence-electron chi connectivity index (χ0n) is 13.6. The number of amides is 1. The van der Waals surface area contributed by atoms with Crippen molar-refractivity contribution in [2.75, 3.05) is 31.5 Å². The second-order valence-electron chi connectivity index (χ2n) is 5.97. The standard InChI is InChI=1S/C17H27N3O.ClH/c1-3-15-6-4-5-13(2)17(15)19-16(21)12-20-9-7-14(11-18)8-10-20;/h4-6,14H,3,7-12,18H2,1-2H3,(H,19,21);1H. The van der Waals surface area contributed by atoms with Crippen LogP contribution in [0.5, 0.6) is 0 Å². The van der Waals surface area contributed by atoms with Crippen LogP contribution in [-0.4, -0.2) is 37.0 Å². The minimum absolute atomic E-state index is 0. The Morgan fingerprint density at radius 2 is 2.05 bits per heavy atom. The highest BCUT2D eigenvalue weighted by Crippen LogP contribution is 2.21. The minimum Gasteiger partial charge on any atom is -0.330 e. The van der Waals surface area contributed by atoms with E-state index in [1.54, 1.807) is 0 Å². The van der Waals surface area contributed by atoms with Crippen molar-refractivity contribution in [2.24, 2.45) is 11.7 Å². The smallest absolute Gasteiger partial charge is 0.238 e. The Morgan fingerprint density at radius 3 is 2.64 bits per heavy atom. The van der Waals surface area contributed by atoms with Crippen LogP contribution in [0, 0.1) is 12.8 Å². The molecule has 0 atom stereocenters. The van der Waals surface area contributed by atoms with Gasteiger partial charge in [-0.3, -0.25) is 9.69 Å². The third kappa shape index (κ3) is 4.97. The van der Waals surface area contributed by atoms with Gasteiger partial charge in [0.25, 0.3) is 0 Å². The number of carbonyl (C=O) groups excluding carboxylic acids is 1. The molecule has 0 radical (unpaired) electrons. The van der Waals surface area contributed by atoms with E-state index in [-0.39, 0.29) is 18.3 Å². The van der Waals surface area contributed by atoms with Crippen molar-refractivity contribution in [2.45, 2.75) is 33.1 Å². The van der Waals surface area contributed by atoms with Gasteiger partial charge in [-0.25, -0.2) is 0 Å². The Morgan fingerprint density at radius 1 is 1.36 bits per heavy atom. The summed E-state index contributed by atoms with van der Waals surface area (Å²) < 4.78 is 0. The number of aryl methyl sites for hydroxylation is 2. The Kier molecular flexibility index (Phi) is 7.87. The van der Waals surface area contributed by atoms with Gasteiger partial charge in [0.1, 0.15) is 0 Å². The van der Waals surface area contributed by atoms with Gasteiger partial charge in [0, 0.05) is 5.69 Å². The van der Waals surface area contributed by atoms with E-state index in [4.69, 9.17) is 5.73 Å². The highest BCUT2D eigenvalue weighted by Gasteiger charge is 2.20. The fourth-order valence-electron chi connectivity index (χ4n) is 2.96. The Balaban J connectivity index is 0.00000242. The number of hydrogen-bond donors (Lipinski definition) is 2. The zero-order valence-corrected chi connectivity index (χ0v) is 14.4. The molecule has 1 aromatic carbocycles. The van der Waals surface area contributed by atoms with E-state index in [2.05, 4.69) is 23.2 Å². The third-order valence-corrected chi connectivity index (χ3v) is 4.41. The van der Waals surface area contributed by atoms with E-state index >= 15 is 0 Å². The van der Waals surface area contributed by atoms with E-state index in [1.807, 2.05) is 19.1 Å². The van der Waals surface area contributed by atoms with Crippen LogP contribution in [0.4, 0.5) is 5.69 Å². The number of halogens is 1. The molecule has 4 nitrogen and oxygen atoms in total. The van der Waals surface area contributed by atoms with Crippen LogP contribution in [-0.2, 0) is 11.2 Å². The van der Waals surface area contributed by atoms with E-state index in [0.29, 0.717) is 12.5 Å². The lowest BCUT2D eigenvalue weighted by Gasteiger charge is -2.30. The number of para-hydroxylation sites is 1. The molecule has 0 saturated carbocycles. The molecule has 1 aliphatic heterocycles. The van der Waals surface area contributed by atoms with Crippen LogP contribution in [0.3, 0.4) is 0 Å². The molecule has 124 valence electrons. The minimum atomic E-state index is 0. The summed E-state index contributed by atoms with van der Waals surface area (Å²) in [6.07, 6.45) is 3.14. The SMILES string of the molecule is CCc1cccc(C)c1NC(=O)CN1CCC(CN)CC1.Cl. The number of piperidine rings is 1. The maximum absolute atomic E-state index is 12.3. The van der Waals surface area contributed by atoms with Crippen LogP contribution in [0.15, 0.2) is 18.2 Å². The lowest BCUT2D eigenvalue weighted by molar-refractivity contribution is -0.117. The van der Waals surface area contributed by atoms with Crippen LogP contribution < -0.4 is 11.1 Å². The molecule has 0 unspecified atom stereocenters. The molecule has 1 heterocycles. The summed E-state index contributed by atoms with van der Waals surface area (Å²) >= 11 is 0. The molecule has 1 aromatic rings. The van der Waals surface area contributed by atoms with E-state index < -0.39 is 0 Å². The molecule has 1 fully saturated rings. The molecule has 0 aliphatic carbocycles. The first-order valence-electron chi connectivity index (χ1n) is 7.94. The number of carbonyl (C=O) groups is 1. The van der Waals surface area contributed by atoms with E-state index in [0.717, 1.165) is 50.1 Å². The zero-order chi connectivity index (χ0) is 15.2. The molecule has 5 heteroatoms. The van der Waals surface area contributed by atoms with Gasteiger partial charge >= 0.3 is 0 Å². The van der Waals surface area contributed by atoms with Gasteiger partial charge in [-0.05, 0) is 62.9 Å². The van der Waals surface area contributed by atoms with Crippen LogP contribution in [0.1, 0.15) is 30.9 Å². The van der Waals surface area contributed by atoms with Crippen LogP contribution >= 0.6 is 12.4 Å². The number of nitrogens with zero attached hydrogens (tertiary/aromatic N) is 1. The van der Waals surface area contributed by atoms with E-state index in [1.165, 1.54) is 5.56 Å². The second-order valence-corrected chi connectivity index (χ2v) is 5.97. The van der Waals surface area contributed by atoms with Crippen molar-refractivity contribution in [1.29, 1.82) is 0 Å². The summed E-state index contributed by atoms with van der Waals surface area (Å²) in [6.45, 7) is 7.36. The van der Waals surface area contributed by atoms with Gasteiger partial charge in [0.05, 0.1) is 6.54 Å². The number of hydrogen-bond acceptors (Lipinski definition) is 3. The summed E-state index contributed by atoms with van der Waals surface area (Å²) in [5, 5.41) is 3.10. The number of rotatable bonds is 5. The molecule has 22 heavy (non-hydrogen) atoms. The Hall–Kier alpha value is -1.10. The summed E-state index contributed by atoms with van der Waals surface area (Å²) in [6, 6.07) is 6.16. The topological polar surface area (TPSA) is 58.4 Å². The fourth-order valence-corrected chi connectivity index (χ4v) is 2.96. The van der Waals surface area contributed by atoms with Gasteiger partial charge in [-0.2, -0.15) is 0 Å². The van der Waals surface area contributed by atoms with Crippen LogP contribution in [0.25, 0.3) is 0 Å². The third-order valence-electron chi connectivity index (χ3n) is 4.41. The van der Waals surface area contributed by atoms with Crippen molar-refractivity contribution in [1.82, 2.24) is 4.90 Å². The Labute approximate surface area is 139 Å². The molecule has 0 bridgehead atoms. The molecule has 1 aliphatic rings. The van der Waals surface area contributed by atoms with E-state index in [9.17, 15) is 4.79 Å². The van der Waals surface area contributed by atoms with Crippen LogP contribution in [0.2, 0.25) is 0 Å². The molecule has 1 saturated heterocycles. The maximum Gasteiger partial charge on any atom is 0.238 e. The first-order valence-corrected chi connectivity index (χ1v) is 7.94. The average molecular weight is 326 g/mol. The summed E-state index contributed by atoms with van der Waals surface area (Å²) in [7, 11) is 0. The monoisotopic (exact) mass is 325 g/mol. The van der Waals surface area contributed by atoms with Gasteiger partial charge in [0.2, 0.25) is 5.91 Å². The number of nitrogens with one attached hydrogen (secondary N) is 1. The van der Waals surface area contributed by atoms with Crippen molar-refractivity contribution in [3.05, 3.63) is 29.3 Å². The fraction of sp³-hybridized carbons (Fsp3) is 0.588. The quantitative estimate of drug-likeness (QED) is 0.875. The normalized spacial score (nSPS) is 16.1. The van der Waals surface area contributed by atoms with Crippen molar-refractivity contribution < 1.29 is 4.79 Å². The molecular weight excluding hydrogens is 298 g/mol. The van der Waals surface area contributed by atoms with Gasteiger partial charge < -0.3 is 11.1 Å². The predicted molar refractivity (Wildman–Crippen MR) is 94.7 cm³/mol. The van der Waals surface area contributed by atoms with Gasteiger partial charge in [-0.15, -0.1) is 12.4 Å². The summed E-state index contributed by atoms with van der Waals surface area (Å²) in [5.41, 5.74) is 9.02. The van der Waals surface area contributed by atoms with Crippen molar-refractivity contribution in [3.63, 3.8) is 0 Å². The number of likely N-dealkylation sites (tertiary alicyclic amines) is 1.